The molecule has 1 aromatic heterocycles. The summed E-state index contributed by atoms with van der Waals surface area (Å²) in [7, 11) is 3.57. The average Bonchev–Trinajstić information content (AvgIpc) is 2.47. The maximum atomic E-state index is 5.16. The van der Waals surface area contributed by atoms with Gasteiger partial charge in [-0.1, -0.05) is 0 Å². The van der Waals surface area contributed by atoms with Crippen LogP contribution >= 0.6 is 0 Å². The summed E-state index contributed by atoms with van der Waals surface area (Å²) in [6.45, 7) is 4.11. The van der Waals surface area contributed by atoms with E-state index in [9.17, 15) is 0 Å². The van der Waals surface area contributed by atoms with Crippen molar-refractivity contribution in [2.24, 2.45) is 0 Å². The fraction of sp³-hybridized carbons (Fsp3) is 0.333. The second-order valence-corrected chi connectivity index (χ2v) is 4.87. The van der Waals surface area contributed by atoms with Gasteiger partial charge < -0.3 is 10.1 Å². The zero-order valence-electron chi connectivity index (χ0n) is 11.8. The first kappa shape index (κ1) is 13.5. The SMILES string of the molecule is CNC(C)(C)c1nccc(-c2ccc(OC)cc2)n1. The van der Waals surface area contributed by atoms with Crippen LogP contribution in [0.15, 0.2) is 36.5 Å². The van der Waals surface area contributed by atoms with Crippen molar-refractivity contribution < 1.29 is 4.74 Å². The summed E-state index contributed by atoms with van der Waals surface area (Å²) in [5.41, 5.74) is 1.72. The lowest BCUT2D eigenvalue weighted by Crippen LogP contribution is -2.35. The van der Waals surface area contributed by atoms with Gasteiger partial charge in [0.25, 0.3) is 0 Å². The minimum atomic E-state index is -0.248. The summed E-state index contributed by atoms with van der Waals surface area (Å²) >= 11 is 0. The lowest BCUT2D eigenvalue weighted by molar-refractivity contribution is 0.414. The smallest absolute Gasteiger partial charge is 0.148 e. The highest BCUT2D eigenvalue weighted by molar-refractivity contribution is 5.59. The number of benzene rings is 1. The molecule has 2 aromatic rings. The third kappa shape index (κ3) is 2.90. The van der Waals surface area contributed by atoms with Crippen LogP contribution in [-0.4, -0.2) is 24.1 Å². The second-order valence-electron chi connectivity index (χ2n) is 4.87. The van der Waals surface area contributed by atoms with E-state index in [0.717, 1.165) is 22.8 Å². The van der Waals surface area contributed by atoms with Gasteiger partial charge in [0, 0.05) is 11.8 Å². The number of hydrogen-bond acceptors (Lipinski definition) is 4. The van der Waals surface area contributed by atoms with E-state index in [2.05, 4.69) is 29.1 Å². The third-order valence-corrected chi connectivity index (χ3v) is 3.23. The minimum Gasteiger partial charge on any atom is -0.497 e. The fourth-order valence-corrected chi connectivity index (χ4v) is 1.69. The van der Waals surface area contributed by atoms with Crippen LogP contribution in [0.3, 0.4) is 0 Å². The maximum absolute atomic E-state index is 5.16. The quantitative estimate of drug-likeness (QED) is 0.914. The van der Waals surface area contributed by atoms with Gasteiger partial charge in [0.05, 0.1) is 18.3 Å². The monoisotopic (exact) mass is 257 g/mol. The number of nitrogens with one attached hydrogen (secondary N) is 1. The number of aromatic nitrogens is 2. The van der Waals surface area contributed by atoms with E-state index in [4.69, 9.17) is 4.74 Å². The third-order valence-electron chi connectivity index (χ3n) is 3.23. The fourth-order valence-electron chi connectivity index (χ4n) is 1.69. The van der Waals surface area contributed by atoms with Gasteiger partial charge in [-0.25, -0.2) is 9.97 Å². The molecule has 1 aromatic carbocycles. The Bertz CT molecular complexity index is 550. The van der Waals surface area contributed by atoms with Crippen LogP contribution in [0.4, 0.5) is 0 Å². The van der Waals surface area contributed by atoms with Crippen LogP contribution in [0.25, 0.3) is 11.3 Å². The first-order chi connectivity index (χ1) is 9.06. The van der Waals surface area contributed by atoms with Crippen LogP contribution in [0, 0.1) is 0 Å². The van der Waals surface area contributed by atoms with Gasteiger partial charge in [-0.05, 0) is 51.2 Å². The molecule has 0 saturated heterocycles. The van der Waals surface area contributed by atoms with Crippen LogP contribution in [0.5, 0.6) is 5.75 Å². The number of hydrogen-bond donors (Lipinski definition) is 1. The average molecular weight is 257 g/mol. The molecule has 0 bridgehead atoms. The Hall–Kier alpha value is -1.94. The highest BCUT2D eigenvalue weighted by Gasteiger charge is 2.21. The van der Waals surface area contributed by atoms with E-state index in [-0.39, 0.29) is 5.54 Å². The van der Waals surface area contributed by atoms with Crippen molar-refractivity contribution in [3.8, 4) is 17.0 Å². The molecule has 0 atom stereocenters. The molecule has 0 fully saturated rings. The van der Waals surface area contributed by atoms with E-state index >= 15 is 0 Å². The molecule has 0 amide bonds. The summed E-state index contributed by atoms with van der Waals surface area (Å²) in [5, 5.41) is 3.21. The lowest BCUT2D eigenvalue weighted by Gasteiger charge is -2.22. The van der Waals surface area contributed by atoms with Gasteiger partial charge >= 0.3 is 0 Å². The summed E-state index contributed by atoms with van der Waals surface area (Å²) in [6, 6.07) is 9.77. The lowest BCUT2D eigenvalue weighted by atomic mass is 10.0. The van der Waals surface area contributed by atoms with Crippen LogP contribution in [0.2, 0.25) is 0 Å². The molecule has 0 spiro atoms. The van der Waals surface area contributed by atoms with Crippen molar-refractivity contribution in [1.29, 1.82) is 0 Å². The summed E-state index contributed by atoms with van der Waals surface area (Å²) in [6.07, 6.45) is 1.79. The molecule has 0 aliphatic heterocycles. The van der Waals surface area contributed by atoms with Gasteiger partial charge in [0.2, 0.25) is 0 Å². The van der Waals surface area contributed by atoms with Crippen molar-refractivity contribution in [1.82, 2.24) is 15.3 Å². The Morgan fingerprint density at radius 3 is 2.37 bits per heavy atom. The van der Waals surface area contributed by atoms with Gasteiger partial charge in [0.1, 0.15) is 11.6 Å². The minimum absolute atomic E-state index is 0.248. The Kier molecular flexibility index (Phi) is 3.81. The number of methoxy groups -OCH3 is 1. The van der Waals surface area contributed by atoms with Gasteiger partial charge in [-0.15, -0.1) is 0 Å². The largest absolute Gasteiger partial charge is 0.497 e. The first-order valence-corrected chi connectivity index (χ1v) is 6.23. The highest BCUT2D eigenvalue weighted by Crippen LogP contribution is 2.22. The zero-order chi connectivity index (χ0) is 13.9. The van der Waals surface area contributed by atoms with Gasteiger partial charge in [0.15, 0.2) is 0 Å². The summed E-state index contributed by atoms with van der Waals surface area (Å²) in [5.74, 6) is 1.62. The van der Waals surface area contributed by atoms with Gasteiger partial charge in [-0.3, -0.25) is 0 Å². The molecule has 0 unspecified atom stereocenters. The topological polar surface area (TPSA) is 47.0 Å². The Morgan fingerprint density at radius 1 is 1.11 bits per heavy atom. The molecule has 1 heterocycles. The van der Waals surface area contributed by atoms with Crippen LogP contribution in [-0.2, 0) is 5.54 Å². The van der Waals surface area contributed by atoms with Gasteiger partial charge in [-0.2, -0.15) is 0 Å². The standard InChI is InChI=1S/C15H19N3O/c1-15(2,16-3)14-17-10-9-13(18-14)11-5-7-12(19-4)8-6-11/h5-10,16H,1-4H3. The number of nitrogens with zero attached hydrogens (tertiary/aromatic N) is 2. The molecule has 0 aliphatic carbocycles. The second kappa shape index (κ2) is 5.36. The Balaban J connectivity index is 2.37. The molecular weight excluding hydrogens is 238 g/mol. The molecule has 4 heteroatoms. The molecule has 0 saturated carbocycles. The maximum Gasteiger partial charge on any atom is 0.148 e. The predicted octanol–water partition coefficient (Wildman–Crippen LogP) is 2.61. The molecule has 19 heavy (non-hydrogen) atoms. The molecule has 1 N–H and O–H groups in total. The summed E-state index contributed by atoms with van der Waals surface area (Å²) in [4.78, 5) is 8.97. The molecule has 4 nitrogen and oxygen atoms in total. The van der Waals surface area contributed by atoms with Crippen molar-refractivity contribution in [2.45, 2.75) is 19.4 Å². The first-order valence-electron chi connectivity index (χ1n) is 6.23. The zero-order valence-corrected chi connectivity index (χ0v) is 11.8. The van der Waals surface area contributed by atoms with Crippen molar-refractivity contribution in [3.63, 3.8) is 0 Å². The van der Waals surface area contributed by atoms with E-state index < -0.39 is 0 Å². The predicted molar refractivity (Wildman–Crippen MR) is 76.1 cm³/mol. The molecule has 0 aliphatic rings. The summed E-state index contributed by atoms with van der Waals surface area (Å²) < 4.78 is 5.16. The molecule has 2 rings (SSSR count). The van der Waals surface area contributed by atoms with Crippen LogP contribution in [0.1, 0.15) is 19.7 Å². The number of ether oxygens (including phenoxy) is 1. The molecule has 0 radical (unpaired) electrons. The van der Waals surface area contributed by atoms with Crippen LogP contribution < -0.4 is 10.1 Å². The normalized spacial score (nSPS) is 11.4. The van der Waals surface area contributed by atoms with Crippen molar-refractivity contribution in [2.75, 3.05) is 14.2 Å². The molecular formula is C15H19N3O. The van der Waals surface area contributed by atoms with Crippen molar-refractivity contribution >= 4 is 0 Å². The highest BCUT2D eigenvalue weighted by atomic mass is 16.5. The Morgan fingerprint density at radius 2 is 1.79 bits per heavy atom. The van der Waals surface area contributed by atoms with E-state index in [1.807, 2.05) is 37.4 Å². The molecule has 100 valence electrons. The van der Waals surface area contributed by atoms with Crippen molar-refractivity contribution in [3.05, 3.63) is 42.4 Å². The Labute approximate surface area is 113 Å². The van der Waals surface area contributed by atoms with E-state index in [0.29, 0.717) is 0 Å². The number of rotatable bonds is 4. The van der Waals surface area contributed by atoms with E-state index in [1.54, 1.807) is 13.3 Å². The van der Waals surface area contributed by atoms with E-state index in [1.165, 1.54) is 0 Å².